The van der Waals surface area contributed by atoms with Gasteiger partial charge in [-0.05, 0) is 47.9 Å². The van der Waals surface area contributed by atoms with E-state index in [4.69, 9.17) is 22.1 Å². The van der Waals surface area contributed by atoms with Gasteiger partial charge in [0.25, 0.3) is 0 Å². The van der Waals surface area contributed by atoms with Crippen LogP contribution in [0.2, 0.25) is 5.02 Å². The van der Waals surface area contributed by atoms with Crippen LogP contribution < -0.4 is 10.5 Å². The summed E-state index contributed by atoms with van der Waals surface area (Å²) < 4.78 is 5.34. The fourth-order valence-corrected chi connectivity index (χ4v) is 2.74. The van der Waals surface area contributed by atoms with Crippen LogP contribution in [0.5, 0.6) is 5.75 Å². The van der Waals surface area contributed by atoms with E-state index in [0.717, 1.165) is 22.8 Å². The number of methoxy groups -OCH3 is 1. The van der Waals surface area contributed by atoms with Crippen LogP contribution in [-0.4, -0.2) is 13.2 Å². The van der Waals surface area contributed by atoms with Gasteiger partial charge in [0, 0.05) is 11.1 Å². The van der Waals surface area contributed by atoms with Crippen molar-refractivity contribution in [2.24, 2.45) is 17.1 Å². The van der Waals surface area contributed by atoms with Crippen molar-refractivity contribution < 1.29 is 4.74 Å². The number of benzene rings is 1. The van der Waals surface area contributed by atoms with Gasteiger partial charge in [-0.2, -0.15) is 0 Å². The molecule has 1 aromatic carbocycles. The average Bonchev–Trinajstić information content (AvgIpc) is 2.88. The molecule has 0 heterocycles. The van der Waals surface area contributed by atoms with Gasteiger partial charge in [-0.25, -0.2) is 0 Å². The summed E-state index contributed by atoms with van der Waals surface area (Å²) in [6.07, 6.45) is 2.05. The maximum atomic E-state index is 6.26. The summed E-state index contributed by atoms with van der Waals surface area (Å²) in [6, 6.07) is 5.89. The lowest BCUT2D eigenvalue weighted by Gasteiger charge is -2.16. The lowest BCUT2D eigenvalue weighted by molar-refractivity contribution is 0.403. The lowest BCUT2D eigenvalue weighted by atomic mass is 9.97. The molecule has 2 N–H and O–H groups in total. The second kappa shape index (κ2) is 4.51. The molecule has 2 unspecified atom stereocenters. The molecule has 0 saturated heterocycles. The molecule has 1 aromatic rings. The quantitative estimate of drug-likeness (QED) is 0.894. The third-order valence-electron chi connectivity index (χ3n) is 3.80. The first-order valence-corrected chi connectivity index (χ1v) is 6.40. The smallest absolute Gasteiger partial charge is 0.122 e. The highest BCUT2D eigenvalue weighted by Gasteiger charge is 2.48. The number of ether oxygens (including phenoxy) is 1. The molecule has 1 aliphatic rings. The molecule has 0 aromatic heterocycles. The van der Waals surface area contributed by atoms with Crippen LogP contribution >= 0.6 is 11.6 Å². The van der Waals surface area contributed by atoms with E-state index in [1.165, 1.54) is 6.42 Å². The van der Waals surface area contributed by atoms with E-state index in [1.54, 1.807) is 7.11 Å². The summed E-state index contributed by atoms with van der Waals surface area (Å²) in [5, 5.41) is 0.739. The van der Waals surface area contributed by atoms with E-state index in [-0.39, 0.29) is 6.04 Å². The molecule has 17 heavy (non-hydrogen) atoms. The highest BCUT2D eigenvalue weighted by Crippen LogP contribution is 2.53. The van der Waals surface area contributed by atoms with Crippen molar-refractivity contribution >= 4 is 11.6 Å². The number of hydrogen-bond acceptors (Lipinski definition) is 2. The van der Waals surface area contributed by atoms with Crippen molar-refractivity contribution in [3.63, 3.8) is 0 Å². The van der Waals surface area contributed by atoms with Crippen molar-refractivity contribution in [3.8, 4) is 5.75 Å². The summed E-state index contributed by atoms with van der Waals surface area (Å²) in [5.41, 5.74) is 7.78. The number of halogens is 1. The van der Waals surface area contributed by atoms with E-state index in [9.17, 15) is 0 Å². The molecule has 1 saturated carbocycles. The van der Waals surface area contributed by atoms with Gasteiger partial charge in [0.05, 0.1) is 7.11 Å². The fourth-order valence-electron chi connectivity index (χ4n) is 2.54. The topological polar surface area (TPSA) is 35.2 Å². The second-order valence-electron chi connectivity index (χ2n) is 5.62. The van der Waals surface area contributed by atoms with Gasteiger partial charge < -0.3 is 10.5 Å². The monoisotopic (exact) mass is 253 g/mol. The van der Waals surface area contributed by atoms with E-state index in [1.807, 2.05) is 18.2 Å². The van der Waals surface area contributed by atoms with Crippen LogP contribution in [0.3, 0.4) is 0 Å². The van der Waals surface area contributed by atoms with E-state index in [0.29, 0.717) is 11.3 Å². The van der Waals surface area contributed by atoms with Gasteiger partial charge in [-0.1, -0.05) is 25.4 Å². The predicted molar refractivity (Wildman–Crippen MR) is 71.6 cm³/mol. The van der Waals surface area contributed by atoms with Crippen LogP contribution in [0, 0.1) is 11.3 Å². The number of rotatable bonds is 4. The normalized spacial score (nSPS) is 23.2. The second-order valence-corrected chi connectivity index (χ2v) is 6.06. The molecule has 0 radical (unpaired) electrons. The Bertz CT molecular complexity index is 417. The van der Waals surface area contributed by atoms with E-state index < -0.39 is 0 Å². The Morgan fingerprint density at radius 3 is 2.71 bits per heavy atom. The standard InChI is InChI=1S/C14H20ClNO/c1-14(2)8-11(14)12(16)7-9-6-10(15)4-5-13(9)17-3/h4-6,11-12H,7-8,16H2,1-3H3. The molecule has 1 aliphatic carbocycles. The highest BCUT2D eigenvalue weighted by molar-refractivity contribution is 6.30. The Hall–Kier alpha value is -0.730. The Kier molecular flexibility index (Phi) is 3.37. The van der Waals surface area contributed by atoms with Crippen LogP contribution in [-0.2, 0) is 6.42 Å². The van der Waals surface area contributed by atoms with Crippen molar-refractivity contribution in [2.75, 3.05) is 7.11 Å². The van der Waals surface area contributed by atoms with Gasteiger partial charge >= 0.3 is 0 Å². The molecular formula is C14H20ClNO. The minimum atomic E-state index is 0.192. The summed E-state index contributed by atoms with van der Waals surface area (Å²) in [6.45, 7) is 4.54. The van der Waals surface area contributed by atoms with Gasteiger partial charge in [0.1, 0.15) is 5.75 Å². The Morgan fingerprint density at radius 2 is 2.18 bits per heavy atom. The fraction of sp³-hybridized carbons (Fsp3) is 0.571. The highest BCUT2D eigenvalue weighted by atomic mass is 35.5. The molecule has 94 valence electrons. The third-order valence-corrected chi connectivity index (χ3v) is 4.04. The third kappa shape index (κ3) is 2.75. The first-order chi connectivity index (χ1) is 7.94. The van der Waals surface area contributed by atoms with Gasteiger partial charge in [0.2, 0.25) is 0 Å². The first kappa shape index (κ1) is 12.7. The first-order valence-electron chi connectivity index (χ1n) is 6.02. The van der Waals surface area contributed by atoms with Crippen molar-refractivity contribution in [2.45, 2.75) is 32.7 Å². The molecule has 2 atom stereocenters. The largest absolute Gasteiger partial charge is 0.496 e. The Morgan fingerprint density at radius 1 is 1.53 bits per heavy atom. The average molecular weight is 254 g/mol. The molecular weight excluding hydrogens is 234 g/mol. The molecule has 0 bridgehead atoms. The van der Waals surface area contributed by atoms with Crippen LogP contribution in [0.1, 0.15) is 25.8 Å². The lowest BCUT2D eigenvalue weighted by Crippen LogP contribution is -2.27. The van der Waals surface area contributed by atoms with Crippen molar-refractivity contribution in [3.05, 3.63) is 28.8 Å². The zero-order valence-corrected chi connectivity index (χ0v) is 11.4. The Balaban J connectivity index is 2.10. The maximum absolute atomic E-state index is 6.26. The van der Waals surface area contributed by atoms with Crippen molar-refractivity contribution in [1.82, 2.24) is 0 Å². The number of nitrogens with two attached hydrogens (primary N) is 1. The van der Waals surface area contributed by atoms with E-state index in [2.05, 4.69) is 13.8 Å². The molecule has 2 nitrogen and oxygen atoms in total. The molecule has 0 spiro atoms. The van der Waals surface area contributed by atoms with Crippen molar-refractivity contribution in [1.29, 1.82) is 0 Å². The zero-order chi connectivity index (χ0) is 12.6. The summed E-state index contributed by atoms with van der Waals surface area (Å²) in [4.78, 5) is 0. The molecule has 2 rings (SSSR count). The maximum Gasteiger partial charge on any atom is 0.122 e. The van der Waals surface area contributed by atoms with Gasteiger partial charge in [-0.15, -0.1) is 0 Å². The Labute approximate surface area is 108 Å². The minimum absolute atomic E-state index is 0.192. The van der Waals surface area contributed by atoms with Gasteiger partial charge in [-0.3, -0.25) is 0 Å². The van der Waals surface area contributed by atoms with E-state index >= 15 is 0 Å². The van der Waals surface area contributed by atoms with Crippen LogP contribution in [0.15, 0.2) is 18.2 Å². The summed E-state index contributed by atoms with van der Waals surface area (Å²) in [5.74, 6) is 1.49. The SMILES string of the molecule is COc1ccc(Cl)cc1CC(N)C1CC1(C)C. The molecule has 1 fully saturated rings. The summed E-state index contributed by atoms with van der Waals surface area (Å²) in [7, 11) is 1.68. The predicted octanol–water partition coefficient (Wildman–Crippen LogP) is 3.26. The van der Waals surface area contributed by atoms with Crippen LogP contribution in [0.25, 0.3) is 0 Å². The molecule has 3 heteroatoms. The number of hydrogen-bond donors (Lipinski definition) is 1. The molecule has 0 aliphatic heterocycles. The summed E-state index contributed by atoms with van der Waals surface area (Å²) >= 11 is 6.01. The molecule has 0 amide bonds. The minimum Gasteiger partial charge on any atom is -0.496 e. The van der Waals surface area contributed by atoms with Gasteiger partial charge in [0.15, 0.2) is 0 Å². The zero-order valence-electron chi connectivity index (χ0n) is 10.7. The van der Waals surface area contributed by atoms with Crippen LogP contribution in [0.4, 0.5) is 0 Å².